The Labute approximate surface area is 236 Å². The van der Waals surface area contributed by atoms with E-state index in [2.05, 4.69) is 68.7 Å². The maximum atomic E-state index is 6.29. The highest BCUT2D eigenvalue weighted by atomic mass is 35.5. The lowest BCUT2D eigenvalue weighted by atomic mass is 9.96. The van der Waals surface area contributed by atoms with Gasteiger partial charge in [-0.05, 0) is 68.3 Å². The van der Waals surface area contributed by atoms with E-state index in [1.54, 1.807) is 0 Å². The Morgan fingerprint density at radius 2 is 2.00 bits per heavy atom. The fourth-order valence-electron chi connectivity index (χ4n) is 5.62. The lowest BCUT2D eigenvalue weighted by molar-refractivity contribution is -0.184. The van der Waals surface area contributed by atoms with E-state index in [1.165, 1.54) is 16.5 Å². The normalized spacial score (nSPS) is 18.7. The zero-order valence-corrected chi connectivity index (χ0v) is 24.0. The van der Waals surface area contributed by atoms with E-state index < -0.39 is 0 Å². The first kappa shape index (κ1) is 27.9. The van der Waals surface area contributed by atoms with Crippen molar-refractivity contribution in [2.24, 2.45) is 13.0 Å². The monoisotopic (exact) mass is 552 g/mol. The Morgan fingerprint density at radius 1 is 1.21 bits per heavy atom. The first-order valence-corrected chi connectivity index (χ1v) is 14.6. The number of piperidine rings is 1. The highest BCUT2D eigenvalue weighted by Gasteiger charge is 2.23. The van der Waals surface area contributed by atoms with Gasteiger partial charge in [-0.25, -0.2) is 14.8 Å². The first-order chi connectivity index (χ1) is 19.0. The number of anilines is 1. The summed E-state index contributed by atoms with van der Waals surface area (Å²) < 4.78 is 7.79. The quantitative estimate of drug-likeness (QED) is 0.318. The van der Waals surface area contributed by atoms with Crippen LogP contribution in [0.1, 0.15) is 50.2 Å². The van der Waals surface area contributed by atoms with Gasteiger partial charge in [0.1, 0.15) is 0 Å². The Hall–Kier alpha value is -2.65. The van der Waals surface area contributed by atoms with E-state index in [0.717, 1.165) is 94.4 Å². The van der Waals surface area contributed by atoms with Gasteiger partial charge in [0.15, 0.2) is 6.29 Å². The van der Waals surface area contributed by atoms with Crippen LogP contribution in [-0.4, -0.2) is 65.1 Å². The van der Waals surface area contributed by atoms with E-state index >= 15 is 0 Å². The average molecular weight is 553 g/mol. The molecule has 9 heteroatoms. The molecule has 0 saturated carbocycles. The van der Waals surface area contributed by atoms with Gasteiger partial charge in [-0.1, -0.05) is 25.1 Å². The van der Waals surface area contributed by atoms with Crippen LogP contribution in [0.4, 0.5) is 5.95 Å². The summed E-state index contributed by atoms with van der Waals surface area (Å²) in [4.78, 5) is 19.7. The summed E-state index contributed by atoms with van der Waals surface area (Å²) in [6.07, 6.45) is 12.1. The fraction of sp³-hybridized carbons (Fsp3) is 0.533. The molecule has 1 unspecified atom stereocenters. The Kier molecular flexibility index (Phi) is 9.40. The molecule has 4 heterocycles. The second kappa shape index (κ2) is 13.1. The van der Waals surface area contributed by atoms with E-state index in [9.17, 15) is 0 Å². The van der Waals surface area contributed by atoms with Crippen molar-refractivity contribution >= 4 is 34.1 Å². The van der Waals surface area contributed by atoms with Crippen LogP contribution in [0, 0.1) is 5.92 Å². The summed E-state index contributed by atoms with van der Waals surface area (Å²) in [6.45, 7) is 12.3. The Morgan fingerprint density at radius 3 is 2.72 bits per heavy atom. The SMILES string of the molecule is C=C(NOC1CCCCO1)c1cnc(N2CCC(CN(CC)CCc3cn(C)c4ccc(Cl)cc34)CC2)nc1. The van der Waals surface area contributed by atoms with Crippen LogP contribution in [0.2, 0.25) is 5.02 Å². The molecular weight excluding hydrogens is 512 g/mol. The molecule has 210 valence electrons. The molecule has 3 aromatic rings. The van der Waals surface area contributed by atoms with Crippen LogP contribution >= 0.6 is 11.6 Å². The maximum absolute atomic E-state index is 6.29. The number of aromatic nitrogens is 3. The fourth-order valence-corrected chi connectivity index (χ4v) is 5.80. The van der Waals surface area contributed by atoms with Gasteiger partial charge in [0, 0.05) is 86.3 Å². The third kappa shape index (κ3) is 7.11. The molecule has 2 fully saturated rings. The highest BCUT2D eigenvalue weighted by molar-refractivity contribution is 6.31. The van der Waals surface area contributed by atoms with Gasteiger partial charge in [0.2, 0.25) is 5.95 Å². The smallest absolute Gasteiger partial charge is 0.225 e. The minimum absolute atomic E-state index is 0.224. The maximum Gasteiger partial charge on any atom is 0.225 e. The molecule has 2 aromatic heterocycles. The number of aryl methyl sites for hydroxylation is 1. The van der Waals surface area contributed by atoms with Crippen LogP contribution < -0.4 is 10.4 Å². The summed E-state index contributed by atoms with van der Waals surface area (Å²) in [7, 11) is 2.11. The first-order valence-electron chi connectivity index (χ1n) is 14.3. The van der Waals surface area contributed by atoms with Crippen molar-refractivity contribution in [3.8, 4) is 0 Å². The molecule has 0 spiro atoms. The molecule has 0 radical (unpaired) electrons. The number of likely N-dealkylation sites (N-methyl/N-ethyl adjacent to an activating group) is 1. The van der Waals surface area contributed by atoms with Gasteiger partial charge < -0.3 is 19.1 Å². The number of halogens is 1. The number of benzene rings is 1. The molecule has 0 amide bonds. The van der Waals surface area contributed by atoms with E-state index in [0.29, 0.717) is 11.6 Å². The number of fused-ring (bicyclic) bond motifs is 1. The molecule has 2 aliphatic heterocycles. The lowest BCUT2D eigenvalue weighted by Crippen LogP contribution is -2.40. The standard InChI is InChI=1S/C30H41ClN6O2/c1-4-36(13-12-24-21-35(3)28-9-8-26(31)17-27(24)28)20-23-10-14-37(15-11-23)30-32-18-25(19-33-30)22(2)34-39-29-7-5-6-16-38-29/h8-9,17-19,21,23,29,34H,2,4-7,10-16,20H2,1,3H3. The molecular formula is C30H41ClN6O2. The Bertz CT molecular complexity index is 1230. The van der Waals surface area contributed by atoms with Crippen LogP contribution in [0.5, 0.6) is 0 Å². The van der Waals surface area contributed by atoms with Gasteiger partial charge in [-0.15, -0.1) is 0 Å². The van der Waals surface area contributed by atoms with Crippen molar-refractivity contribution in [2.75, 3.05) is 44.2 Å². The van der Waals surface area contributed by atoms with Gasteiger partial charge >= 0.3 is 0 Å². The molecule has 8 nitrogen and oxygen atoms in total. The summed E-state index contributed by atoms with van der Waals surface area (Å²) in [6, 6.07) is 6.17. The van der Waals surface area contributed by atoms with Gasteiger partial charge in [0.25, 0.3) is 0 Å². The van der Waals surface area contributed by atoms with E-state index in [1.807, 2.05) is 18.5 Å². The molecule has 2 saturated heterocycles. The molecule has 5 rings (SSSR count). The van der Waals surface area contributed by atoms with E-state index in [4.69, 9.17) is 21.2 Å². The number of hydroxylamine groups is 1. The van der Waals surface area contributed by atoms with Crippen molar-refractivity contribution in [1.82, 2.24) is 24.9 Å². The van der Waals surface area contributed by atoms with Crippen molar-refractivity contribution in [3.05, 3.63) is 59.5 Å². The summed E-state index contributed by atoms with van der Waals surface area (Å²) >= 11 is 6.29. The molecule has 0 bridgehead atoms. The molecule has 1 atom stereocenters. The van der Waals surface area contributed by atoms with Gasteiger partial charge in [0.05, 0.1) is 5.70 Å². The summed E-state index contributed by atoms with van der Waals surface area (Å²) in [5.41, 5.74) is 6.97. The largest absolute Gasteiger partial charge is 0.350 e. The second-order valence-corrected chi connectivity index (χ2v) is 11.2. The number of nitrogens with zero attached hydrogens (tertiary/aromatic N) is 5. The predicted molar refractivity (Wildman–Crippen MR) is 158 cm³/mol. The number of hydrogen-bond acceptors (Lipinski definition) is 7. The van der Waals surface area contributed by atoms with Gasteiger partial charge in [-0.2, -0.15) is 0 Å². The topological polar surface area (TPSA) is 67.7 Å². The summed E-state index contributed by atoms with van der Waals surface area (Å²) in [5.74, 6) is 1.47. The molecule has 0 aliphatic carbocycles. The second-order valence-electron chi connectivity index (χ2n) is 10.8. The number of hydrogen-bond donors (Lipinski definition) is 1. The van der Waals surface area contributed by atoms with Crippen LogP contribution in [0.15, 0.2) is 43.4 Å². The van der Waals surface area contributed by atoms with Crippen LogP contribution in [0.3, 0.4) is 0 Å². The van der Waals surface area contributed by atoms with E-state index in [-0.39, 0.29) is 6.29 Å². The predicted octanol–water partition coefficient (Wildman–Crippen LogP) is 5.42. The van der Waals surface area contributed by atoms with Crippen molar-refractivity contribution in [2.45, 2.75) is 51.7 Å². The molecule has 1 N–H and O–H groups in total. The van der Waals surface area contributed by atoms with Crippen LogP contribution in [-0.2, 0) is 23.0 Å². The minimum Gasteiger partial charge on any atom is -0.350 e. The minimum atomic E-state index is -0.224. The lowest BCUT2D eigenvalue weighted by Gasteiger charge is -2.34. The third-order valence-electron chi connectivity index (χ3n) is 8.03. The van der Waals surface area contributed by atoms with Crippen molar-refractivity contribution in [1.29, 1.82) is 0 Å². The Balaban J connectivity index is 1.07. The van der Waals surface area contributed by atoms with Crippen LogP contribution in [0.25, 0.3) is 16.6 Å². The number of rotatable bonds is 11. The zero-order chi connectivity index (χ0) is 27.2. The third-order valence-corrected chi connectivity index (χ3v) is 8.27. The average Bonchev–Trinajstić information content (AvgIpc) is 3.29. The molecule has 1 aromatic carbocycles. The zero-order valence-electron chi connectivity index (χ0n) is 23.2. The van der Waals surface area contributed by atoms with Gasteiger partial charge in [-0.3, -0.25) is 5.48 Å². The molecule has 2 aliphatic rings. The number of nitrogens with one attached hydrogen (secondary N) is 1. The summed E-state index contributed by atoms with van der Waals surface area (Å²) in [5, 5.41) is 2.07. The highest BCUT2D eigenvalue weighted by Crippen LogP contribution is 2.26. The molecule has 39 heavy (non-hydrogen) atoms. The number of ether oxygens (including phenoxy) is 1. The van der Waals surface area contributed by atoms with Crippen molar-refractivity contribution in [3.63, 3.8) is 0 Å². The van der Waals surface area contributed by atoms with Crippen molar-refractivity contribution < 1.29 is 9.57 Å².